The van der Waals surface area contributed by atoms with Crippen molar-refractivity contribution < 1.29 is 22.4 Å². The molecule has 0 radical (unpaired) electrons. The summed E-state index contributed by atoms with van der Waals surface area (Å²) in [5.41, 5.74) is -2.32. The van der Waals surface area contributed by atoms with Crippen molar-refractivity contribution in [3.05, 3.63) is 24.2 Å². The van der Waals surface area contributed by atoms with Crippen LogP contribution >= 0.6 is 0 Å². The molecule has 7 heteroatoms. The Morgan fingerprint density at radius 1 is 1.56 bits per heavy atom. The van der Waals surface area contributed by atoms with E-state index in [0.29, 0.717) is 5.76 Å². The summed E-state index contributed by atoms with van der Waals surface area (Å²) in [5, 5.41) is 4.87. The Morgan fingerprint density at radius 3 is 2.83 bits per heavy atom. The number of rotatable bonds is 3. The van der Waals surface area contributed by atoms with Crippen molar-refractivity contribution in [3.8, 4) is 0 Å². The lowest BCUT2D eigenvalue weighted by molar-refractivity contribution is -0.216. The maximum absolute atomic E-state index is 13.0. The van der Waals surface area contributed by atoms with Crippen LogP contribution in [0.2, 0.25) is 0 Å². The molecule has 0 spiro atoms. The predicted molar refractivity (Wildman–Crippen MR) is 56.5 cm³/mol. The van der Waals surface area contributed by atoms with Crippen molar-refractivity contribution >= 4 is 5.91 Å². The highest BCUT2D eigenvalue weighted by molar-refractivity contribution is 5.84. The summed E-state index contributed by atoms with van der Waals surface area (Å²) in [5.74, 6) is -0.581. The highest BCUT2D eigenvalue weighted by Gasteiger charge is 2.61. The molecular formula is C11H13F3N2O2. The molecule has 1 aromatic heterocycles. The average Bonchev–Trinajstić information content (AvgIpc) is 2.96. The molecule has 2 rings (SSSR count). The number of alkyl halides is 3. The first-order chi connectivity index (χ1) is 8.46. The van der Waals surface area contributed by atoms with E-state index < -0.39 is 17.5 Å². The molecule has 1 fully saturated rings. The Morgan fingerprint density at radius 2 is 2.33 bits per heavy atom. The van der Waals surface area contributed by atoms with Crippen molar-refractivity contribution in [1.82, 2.24) is 10.6 Å². The summed E-state index contributed by atoms with van der Waals surface area (Å²) in [6, 6.07) is 3.20. The second-order valence-electron chi connectivity index (χ2n) is 4.27. The summed E-state index contributed by atoms with van der Waals surface area (Å²) in [6.45, 7) is -0.224. The van der Waals surface area contributed by atoms with Gasteiger partial charge in [0.2, 0.25) is 5.91 Å². The van der Waals surface area contributed by atoms with Crippen LogP contribution in [0.3, 0.4) is 0 Å². The van der Waals surface area contributed by atoms with E-state index in [4.69, 9.17) is 4.42 Å². The zero-order valence-corrected chi connectivity index (χ0v) is 9.51. The van der Waals surface area contributed by atoms with E-state index in [1.165, 1.54) is 6.26 Å². The van der Waals surface area contributed by atoms with Crippen LogP contribution in [-0.2, 0) is 11.3 Å². The first kappa shape index (κ1) is 12.9. The predicted octanol–water partition coefficient (Wildman–Crippen LogP) is 1.44. The quantitative estimate of drug-likeness (QED) is 0.866. The van der Waals surface area contributed by atoms with Gasteiger partial charge in [-0.1, -0.05) is 0 Å². The fourth-order valence-corrected chi connectivity index (χ4v) is 2.01. The first-order valence-electron chi connectivity index (χ1n) is 5.54. The molecule has 1 amide bonds. The van der Waals surface area contributed by atoms with Crippen molar-refractivity contribution in [2.45, 2.75) is 19.1 Å². The van der Waals surface area contributed by atoms with Crippen molar-refractivity contribution in [2.75, 3.05) is 13.1 Å². The fraction of sp³-hybridized carbons (Fsp3) is 0.545. The molecule has 1 saturated heterocycles. The largest absolute Gasteiger partial charge is 0.467 e. The summed E-state index contributed by atoms with van der Waals surface area (Å²) in [4.78, 5) is 11.8. The maximum atomic E-state index is 13.0. The van der Waals surface area contributed by atoms with E-state index in [-0.39, 0.29) is 26.1 Å². The van der Waals surface area contributed by atoms with Gasteiger partial charge in [-0.2, -0.15) is 13.2 Å². The number of nitrogens with one attached hydrogen (secondary N) is 2. The molecule has 18 heavy (non-hydrogen) atoms. The number of carbonyl (C=O) groups excluding carboxylic acids is 1. The van der Waals surface area contributed by atoms with E-state index in [1.54, 1.807) is 12.1 Å². The van der Waals surface area contributed by atoms with Gasteiger partial charge in [0.25, 0.3) is 0 Å². The number of halogens is 3. The second kappa shape index (κ2) is 4.64. The molecule has 0 aliphatic carbocycles. The molecule has 0 aromatic carbocycles. The third-order valence-electron chi connectivity index (χ3n) is 3.14. The smallest absolute Gasteiger partial charge is 0.404 e. The minimum atomic E-state index is -4.55. The van der Waals surface area contributed by atoms with E-state index >= 15 is 0 Å². The molecule has 2 heterocycles. The molecule has 2 N–H and O–H groups in total. The molecule has 1 aliphatic heterocycles. The average molecular weight is 262 g/mol. The molecular weight excluding hydrogens is 249 g/mol. The number of furan rings is 1. The van der Waals surface area contributed by atoms with Gasteiger partial charge in [0.05, 0.1) is 12.8 Å². The van der Waals surface area contributed by atoms with Gasteiger partial charge in [-0.3, -0.25) is 4.79 Å². The van der Waals surface area contributed by atoms with Gasteiger partial charge in [0.1, 0.15) is 5.76 Å². The molecule has 1 aliphatic rings. The number of amides is 1. The van der Waals surface area contributed by atoms with Gasteiger partial charge in [-0.25, -0.2) is 0 Å². The molecule has 0 saturated carbocycles. The van der Waals surface area contributed by atoms with E-state index in [9.17, 15) is 18.0 Å². The number of hydrogen-bond donors (Lipinski definition) is 2. The molecule has 1 unspecified atom stereocenters. The number of carbonyl (C=O) groups is 1. The van der Waals surface area contributed by atoms with Gasteiger partial charge < -0.3 is 15.1 Å². The lowest BCUT2D eigenvalue weighted by Crippen LogP contribution is -2.51. The lowest BCUT2D eigenvalue weighted by Gasteiger charge is -2.29. The van der Waals surface area contributed by atoms with Crippen LogP contribution in [0.25, 0.3) is 0 Å². The van der Waals surface area contributed by atoms with Crippen molar-refractivity contribution in [3.63, 3.8) is 0 Å². The Labute approximate surface area is 102 Å². The van der Waals surface area contributed by atoms with Crippen LogP contribution in [0, 0.1) is 5.41 Å². The summed E-state index contributed by atoms with van der Waals surface area (Å²) in [7, 11) is 0. The first-order valence-corrected chi connectivity index (χ1v) is 5.54. The van der Waals surface area contributed by atoms with E-state index in [1.807, 2.05) is 0 Å². The Kier molecular flexibility index (Phi) is 3.34. The van der Waals surface area contributed by atoms with Crippen molar-refractivity contribution in [1.29, 1.82) is 0 Å². The third kappa shape index (κ3) is 2.22. The summed E-state index contributed by atoms with van der Waals surface area (Å²) < 4.78 is 44.0. The van der Waals surface area contributed by atoms with Gasteiger partial charge >= 0.3 is 6.18 Å². The monoisotopic (exact) mass is 262 g/mol. The zero-order valence-electron chi connectivity index (χ0n) is 9.51. The van der Waals surface area contributed by atoms with Gasteiger partial charge in [-0.05, 0) is 25.1 Å². The van der Waals surface area contributed by atoms with Gasteiger partial charge in [-0.15, -0.1) is 0 Å². The van der Waals surface area contributed by atoms with Crippen molar-refractivity contribution in [2.24, 2.45) is 5.41 Å². The van der Waals surface area contributed by atoms with Crippen LogP contribution in [0.15, 0.2) is 22.8 Å². The Balaban J connectivity index is 2.05. The Hall–Kier alpha value is -1.50. The van der Waals surface area contributed by atoms with Crippen LogP contribution < -0.4 is 10.6 Å². The summed E-state index contributed by atoms with van der Waals surface area (Å²) >= 11 is 0. The fourth-order valence-electron chi connectivity index (χ4n) is 2.01. The topological polar surface area (TPSA) is 54.3 Å². The number of hydrogen-bond acceptors (Lipinski definition) is 3. The minimum Gasteiger partial charge on any atom is -0.467 e. The van der Waals surface area contributed by atoms with E-state index in [0.717, 1.165) is 0 Å². The van der Waals surface area contributed by atoms with Crippen LogP contribution in [0.4, 0.5) is 13.2 Å². The molecule has 4 nitrogen and oxygen atoms in total. The molecule has 0 bridgehead atoms. The van der Waals surface area contributed by atoms with Crippen LogP contribution in [-0.4, -0.2) is 25.2 Å². The third-order valence-corrected chi connectivity index (χ3v) is 3.14. The SMILES string of the molecule is O=C(NCc1ccco1)C1(C(F)(F)F)CCNC1. The second-order valence-corrected chi connectivity index (χ2v) is 4.27. The molecule has 100 valence electrons. The molecule has 1 aromatic rings. The van der Waals surface area contributed by atoms with Crippen LogP contribution in [0.5, 0.6) is 0 Å². The zero-order chi connectivity index (χ0) is 13.2. The standard InChI is InChI=1S/C11H13F3N2O2/c12-11(13,14)10(3-4-15-7-10)9(17)16-6-8-2-1-5-18-8/h1-2,5,15H,3-4,6-7H2,(H,16,17). The Bertz CT molecular complexity index is 408. The molecule has 1 atom stereocenters. The van der Waals surface area contributed by atoms with Crippen LogP contribution in [0.1, 0.15) is 12.2 Å². The minimum absolute atomic E-state index is 0.0380. The van der Waals surface area contributed by atoms with E-state index in [2.05, 4.69) is 10.6 Å². The lowest BCUT2D eigenvalue weighted by atomic mass is 9.85. The summed E-state index contributed by atoms with van der Waals surface area (Å²) in [6.07, 6.45) is -3.39. The maximum Gasteiger partial charge on any atom is 0.404 e. The highest BCUT2D eigenvalue weighted by Crippen LogP contribution is 2.43. The van der Waals surface area contributed by atoms with Gasteiger partial charge in [0, 0.05) is 6.54 Å². The highest BCUT2D eigenvalue weighted by atomic mass is 19.4. The van der Waals surface area contributed by atoms with Gasteiger partial charge in [0.15, 0.2) is 5.41 Å². The normalized spacial score (nSPS) is 24.2.